The van der Waals surface area contributed by atoms with E-state index in [1.165, 1.54) is 13.8 Å². The Hall–Kier alpha value is -1.79. The number of carbonyl (C=O) groups excluding carboxylic acids is 2. The number of carbonyl (C=O) groups is 3. The smallest absolute Gasteiger partial charge is 0.328 e. The highest BCUT2D eigenvalue weighted by atomic mass is 16.4. The van der Waals surface area contributed by atoms with Crippen LogP contribution in [0.25, 0.3) is 0 Å². The molecule has 80 valence electrons. The Balaban J connectivity index is 4.06. The number of carboxylic acid groups (broad SMARTS) is 1. The summed E-state index contributed by atoms with van der Waals surface area (Å²) in [6.45, 7) is 2.31. The first-order valence-corrected chi connectivity index (χ1v) is 3.83. The zero-order valence-corrected chi connectivity index (χ0v) is 7.96. The van der Waals surface area contributed by atoms with E-state index in [-0.39, 0.29) is 6.54 Å². The Morgan fingerprint density at radius 3 is 2.21 bits per heavy atom. The number of aliphatic carboxylic acids is 1. The van der Waals surface area contributed by atoms with Gasteiger partial charge < -0.3 is 21.5 Å². The third-order valence-corrected chi connectivity index (χ3v) is 1.38. The van der Waals surface area contributed by atoms with Gasteiger partial charge in [0.25, 0.3) is 0 Å². The molecular formula is C7H13N3O4. The van der Waals surface area contributed by atoms with E-state index in [4.69, 9.17) is 10.8 Å². The van der Waals surface area contributed by atoms with Crippen LogP contribution in [0.4, 0.5) is 4.79 Å². The van der Waals surface area contributed by atoms with E-state index in [1.54, 1.807) is 0 Å². The number of urea groups is 1. The Labute approximate surface area is 80.6 Å². The molecule has 0 aromatic rings. The molecule has 7 nitrogen and oxygen atoms in total. The summed E-state index contributed by atoms with van der Waals surface area (Å²) in [4.78, 5) is 31.8. The van der Waals surface area contributed by atoms with Crippen molar-refractivity contribution in [2.45, 2.75) is 19.4 Å². The van der Waals surface area contributed by atoms with Gasteiger partial charge in [0, 0.05) is 0 Å². The van der Waals surface area contributed by atoms with Crippen LogP contribution in [0.5, 0.6) is 0 Å². The number of hydrogen-bond donors (Lipinski definition) is 4. The van der Waals surface area contributed by atoms with Gasteiger partial charge in [0.2, 0.25) is 5.91 Å². The van der Waals surface area contributed by atoms with Crippen LogP contribution >= 0.6 is 0 Å². The largest absolute Gasteiger partial charge is 0.480 e. The molecular weight excluding hydrogens is 190 g/mol. The molecule has 0 saturated carbocycles. The number of nitrogens with one attached hydrogen (secondary N) is 2. The maximum atomic E-state index is 11.0. The van der Waals surface area contributed by atoms with Crippen molar-refractivity contribution >= 4 is 17.9 Å². The third kappa shape index (κ3) is 4.29. The van der Waals surface area contributed by atoms with E-state index < -0.39 is 23.4 Å². The lowest BCUT2D eigenvalue weighted by Gasteiger charge is -2.20. The van der Waals surface area contributed by atoms with Gasteiger partial charge in [-0.05, 0) is 13.8 Å². The Morgan fingerprint density at radius 2 is 1.86 bits per heavy atom. The monoisotopic (exact) mass is 203 g/mol. The number of nitrogens with two attached hydrogens (primary N) is 1. The molecule has 0 aromatic carbocycles. The van der Waals surface area contributed by atoms with E-state index >= 15 is 0 Å². The van der Waals surface area contributed by atoms with Crippen molar-refractivity contribution in [2.75, 3.05) is 6.54 Å². The molecule has 0 bridgehead atoms. The van der Waals surface area contributed by atoms with Crippen LogP contribution in [-0.2, 0) is 9.59 Å². The van der Waals surface area contributed by atoms with Crippen LogP contribution in [0.15, 0.2) is 0 Å². The first-order chi connectivity index (χ1) is 6.25. The highest BCUT2D eigenvalue weighted by Gasteiger charge is 2.28. The summed E-state index contributed by atoms with van der Waals surface area (Å²) < 4.78 is 0. The van der Waals surface area contributed by atoms with Gasteiger partial charge in [0.05, 0.1) is 6.54 Å². The molecule has 0 radical (unpaired) electrons. The van der Waals surface area contributed by atoms with E-state index in [0.29, 0.717) is 0 Å². The van der Waals surface area contributed by atoms with Crippen LogP contribution in [-0.4, -0.2) is 35.1 Å². The van der Waals surface area contributed by atoms with Gasteiger partial charge in [-0.1, -0.05) is 0 Å². The molecule has 3 amide bonds. The number of carboxylic acids is 1. The van der Waals surface area contributed by atoms with Crippen molar-refractivity contribution in [3.63, 3.8) is 0 Å². The summed E-state index contributed by atoms with van der Waals surface area (Å²) in [5.74, 6) is -1.87. The van der Waals surface area contributed by atoms with Crippen LogP contribution < -0.4 is 16.4 Å². The summed E-state index contributed by atoms with van der Waals surface area (Å²) in [5.41, 5.74) is 3.38. The van der Waals surface area contributed by atoms with Crippen molar-refractivity contribution in [1.29, 1.82) is 0 Å². The fraction of sp³-hybridized carbons (Fsp3) is 0.571. The van der Waals surface area contributed by atoms with E-state index in [1.807, 2.05) is 0 Å². The second-order valence-electron chi connectivity index (χ2n) is 3.20. The van der Waals surface area contributed by atoms with Crippen molar-refractivity contribution in [1.82, 2.24) is 10.6 Å². The van der Waals surface area contributed by atoms with Crippen LogP contribution in [0, 0.1) is 0 Å². The Bertz CT molecular complexity index is 262. The van der Waals surface area contributed by atoms with Crippen molar-refractivity contribution < 1.29 is 19.5 Å². The standard InChI is InChI=1S/C7H13N3O4/c1-7(2,5(12)13)10-6(14)9-3-4(8)11/h3H2,1-2H3,(H2,8,11)(H,12,13)(H2,9,10,14). The Morgan fingerprint density at radius 1 is 1.36 bits per heavy atom. The van der Waals surface area contributed by atoms with E-state index in [9.17, 15) is 14.4 Å². The molecule has 0 aliphatic heterocycles. The summed E-state index contributed by atoms with van der Waals surface area (Å²) in [7, 11) is 0. The Kier molecular flexibility index (Phi) is 3.88. The topological polar surface area (TPSA) is 122 Å². The maximum Gasteiger partial charge on any atom is 0.328 e. The van der Waals surface area contributed by atoms with Gasteiger partial charge in [0.1, 0.15) is 5.54 Å². The fourth-order valence-corrected chi connectivity index (χ4v) is 0.549. The van der Waals surface area contributed by atoms with Gasteiger partial charge in [0.15, 0.2) is 0 Å². The van der Waals surface area contributed by atoms with Crippen molar-refractivity contribution in [2.24, 2.45) is 5.73 Å². The van der Waals surface area contributed by atoms with Gasteiger partial charge in [-0.3, -0.25) is 4.79 Å². The summed E-state index contributed by atoms with van der Waals surface area (Å²) in [5, 5.41) is 12.9. The average Bonchev–Trinajstić information content (AvgIpc) is 1.99. The van der Waals surface area contributed by atoms with Crippen molar-refractivity contribution in [3.8, 4) is 0 Å². The molecule has 14 heavy (non-hydrogen) atoms. The number of amides is 3. The lowest BCUT2D eigenvalue weighted by molar-refractivity contribution is -0.142. The first-order valence-electron chi connectivity index (χ1n) is 3.83. The molecule has 7 heteroatoms. The third-order valence-electron chi connectivity index (χ3n) is 1.38. The molecule has 0 heterocycles. The quantitative estimate of drug-likeness (QED) is 0.450. The highest BCUT2D eigenvalue weighted by molar-refractivity contribution is 5.87. The second kappa shape index (κ2) is 4.45. The molecule has 0 aromatic heterocycles. The van der Waals surface area contributed by atoms with Crippen LogP contribution in [0.2, 0.25) is 0 Å². The normalized spacial score (nSPS) is 10.4. The summed E-state index contributed by atoms with van der Waals surface area (Å²) in [6.07, 6.45) is 0. The zero-order chi connectivity index (χ0) is 11.4. The van der Waals surface area contributed by atoms with Crippen LogP contribution in [0.1, 0.15) is 13.8 Å². The van der Waals surface area contributed by atoms with E-state index in [2.05, 4.69) is 10.6 Å². The van der Waals surface area contributed by atoms with E-state index in [0.717, 1.165) is 0 Å². The fourth-order valence-electron chi connectivity index (χ4n) is 0.549. The molecule has 0 aliphatic carbocycles. The SMILES string of the molecule is CC(C)(NC(=O)NCC(N)=O)C(=O)O. The minimum atomic E-state index is -1.39. The zero-order valence-electron chi connectivity index (χ0n) is 7.96. The molecule has 0 unspecified atom stereocenters. The van der Waals surface area contributed by atoms with Gasteiger partial charge in [-0.25, -0.2) is 9.59 Å². The molecule has 5 N–H and O–H groups in total. The molecule has 0 atom stereocenters. The second-order valence-corrected chi connectivity index (χ2v) is 3.20. The van der Waals surface area contributed by atoms with Gasteiger partial charge in [-0.2, -0.15) is 0 Å². The molecule has 0 saturated heterocycles. The first kappa shape index (κ1) is 12.2. The minimum Gasteiger partial charge on any atom is -0.480 e. The number of rotatable bonds is 4. The van der Waals surface area contributed by atoms with Gasteiger partial charge >= 0.3 is 12.0 Å². The van der Waals surface area contributed by atoms with Gasteiger partial charge in [-0.15, -0.1) is 0 Å². The lowest BCUT2D eigenvalue weighted by atomic mass is 10.1. The average molecular weight is 203 g/mol. The predicted octanol–water partition coefficient (Wildman–Crippen LogP) is -1.37. The maximum absolute atomic E-state index is 11.0. The predicted molar refractivity (Wildman–Crippen MR) is 47.4 cm³/mol. The summed E-state index contributed by atoms with van der Waals surface area (Å²) >= 11 is 0. The number of hydrogen-bond acceptors (Lipinski definition) is 3. The minimum absolute atomic E-state index is 0.332. The van der Waals surface area contributed by atoms with Crippen molar-refractivity contribution in [3.05, 3.63) is 0 Å². The highest BCUT2D eigenvalue weighted by Crippen LogP contribution is 2.00. The summed E-state index contributed by atoms with van der Waals surface area (Å²) in [6, 6.07) is -0.754. The molecule has 0 rings (SSSR count). The number of primary amides is 1. The molecule has 0 spiro atoms. The molecule has 0 aliphatic rings. The lowest BCUT2D eigenvalue weighted by Crippen LogP contribution is -2.54. The molecule has 0 fully saturated rings. The van der Waals surface area contributed by atoms with Crippen LogP contribution in [0.3, 0.4) is 0 Å².